The highest BCUT2D eigenvalue weighted by Gasteiger charge is 2.30. The zero-order chi connectivity index (χ0) is 24.4. The van der Waals surface area contributed by atoms with Gasteiger partial charge in [-0.05, 0) is 62.6 Å². The maximum Gasteiger partial charge on any atom is 0.243 e. The molecule has 0 radical (unpaired) electrons. The molecule has 2 amide bonds. The third-order valence-electron chi connectivity index (χ3n) is 5.39. The highest BCUT2D eigenvalue weighted by Crippen LogP contribution is 2.27. The van der Waals surface area contributed by atoms with Gasteiger partial charge in [0.25, 0.3) is 0 Å². The molecule has 0 fully saturated rings. The fraction of sp³-hybridized carbons (Fsp3) is 0.440. The summed E-state index contributed by atoms with van der Waals surface area (Å²) in [4.78, 5) is 27.8. The summed E-state index contributed by atoms with van der Waals surface area (Å²) in [6, 6.07) is 11.6. The number of halogens is 3. The number of carbonyl (C=O) groups is 2. The number of carbonyl (C=O) groups excluding carboxylic acids is 2. The van der Waals surface area contributed by atoms with Crippen LogP contribution in [0, 0.1) is 0 Å². The summed E-state index contributed by atoms with van der Waals surface area (Å²) in [5, 5.41) is 4.55. The predicted molar refractivity (Wildman–Crippen MR) is 135 cm³/mol. The molecular weight excluding hydrogens is 483 g/mol. The van der Waals surface area contributed by atoms with E-state index in [-0.39, 0.29) is 30.8 Å². The van der Waals surface area contributed by atoms with Crippen LogP contribution >= 0.6 is 34.8 Å². The zero-order valence-corrected chi connectivity index (χ0v) is 21.5. The number of amides is 2. The normalized spacial score (nSPS) is 12.7. The van der Waals surface area contributed by atoms with Crippen molar-refractivity contribution in [1.29, 1.82) is 0 Å². The van der Waals surface area contributed by atoms with Gasteiger partial charge in [-0.3, -0.25) is 9.59 Å². The van der Waals surface area contributed by atoms with Crippen LogP contribution in [0.2, 0.25) is 15.1 Å². The van der Waals surface area contributed by atoms with Gasteiger partial charge >= 0.3 is 0 Å². The van der Waals surface area contributed by atoms with E-state index >= 15 is 0 Å². The van der Waals surface area contributed by atoms with Crippen molar-refractivity contribution in [1.82, 2.24) is 10.2 Å². The van der Waals surface area contributed by atoms with E-state index in [1.807, 2.05) is 20.8 Å². The smallest absolute Gasteiger partial charge is 0.243 e. The van der Waals surface area contributed by atoms with Crippen LogP contribution in [0.4, 0.5) is 0 Å². The van der Waals surface area contributed by atoms with Crippen molar-refractivity contribution in [2.45, 2.75) is 65.1 Å². The van der Waals surface area contributed by atoms with Crippen molar-refractivity contribution >= 4 is 46.6 Å². The average molecular weight is 514 g/mol. The monoisotopic (exact) mass is 512 g/mol. The molecule has 0 spiro atoms. The van der Waals surface area contributed by atoms with E-state index in [1.165, 1.54) is 0 Å². The first-order valence-corrected chi connectivity index (χ1v) is 12.3. The molecule has 0 saturated heterocycles. The Kier molecular flexibility index (Phi) is 11.3. The maximum absolute atomic E-state index is 13.3. The topological polar surface area (TPSA) is 58.6 Å². The van der Waals surface area contributed by atoms with Crippen LogP contribution in [0.25, 0.3) is 0 Å². The highest BCUT2D eigenvalue weighted by atomic mass is 35.5. The van der Waals surface area contributed by atoms with Crippen LogP contribution in [0.5, 0.6) is 5.75 Å². The van der Waals surface area contributed by atoms with Gasteiger partial charge in [-0.1, -0.05) is 54.7 Å². The quantitative estimate of drug-likeness (QED) is 0.328. The van der Waals surface area contributed by atoms with Crippen LogP contribution in [0.15, 0.2) is 42.5 Å². The molecule has 0 aromatic heterocycles. The van der Waals surface area contributed by atoms with Gasteiger partial charge in [-0.25, -0.2) is 0 Å². The Morgan fingerprint density at radius 3 is 2.21 bits per heavy atom. The van der Waals surface area contributed by atoms with E-state index in [4.69, 9.17) is 39.5 Å². The molecule has 5 nitrogen and oxygen atoms in total. The summed E-state index contributed by atoms with van der Waals surface area (Å²) in [6.45, 7) is 6.35. The largest absolute Gasteiger partial charge is 0.494 e. The lowest BCUT2D eigenvalue weighted by atomic mass is 10.1. The van der Waals surface area contributed by atoms with E-state index in [2.05, 4.69) is 5.32 Å². The van der Waals surface area contributed by atoms with Crippen molar-refractivity contribution in [3.05, 3.63) is 63.1 Å². The van der Waals surface area contributed by atoms with Crippen LogP contribution < -0.4 is 10.1 Å². The SMILES string of the molecule is CC[C@H](C(=O)N[C@@H](C)CC)N(Cc1c(Cl)cccc1Cl)C(=O)CCCOc1ccc(Cl)cc1. The van der Waals surface area contributed by atoms with Crippen molar-refractivity contribution in [2.24, 2.45) is 0 Å². The number of hydrogen-bond acceptors (Lipinski definition) is 3. The van der Waals surface area contributed by atoms with Gasteiger partial charge in [0.2, 0.25) is 11.8 Å². The zero-order valence-electron chi connectivity index (χ0n) is 19.2. The third-order valence-corrected chi connectivity index (χ3v) is 6.35. The molecule has 1 N–H and O–H groups in total. The maximum atomic E-state index is 13.3. The first-order valence-electron chi connectivity index (χ1n) is 11.2. The molecule has 180 valence electrons. The summed E-state index contributed by atoms with van der Waals surface area (Å²) in [7, 11) is 0. The molecule has 0 aliphatic carbocycles. The van der Waals surface area contributed by atoms with Gasteiger partial charge in [-0.2, -0.15) is 0 Å². The summed E-state index contributed by atoms with van der Waals surface area (Å²) in [6.07, 6.45) is 1.99. The van der Waals surface area contributed by atoms with Crippen molar-refractivity contribution < 1.29 is 14.3 Å². The lowest BCUT2D eigenvalue weighted by Crippen LogP contribution is -2.50. The highest BCUT2D eigenvalue weighted by molar-refractivity contribution is 6.36. The van der Waals surface area contributed by atoms with E-state index in [9.17, 15) is 9.59 Å². The Labute approximate surface area is 211 Å². The summed E-state index contributed by atoms with van der Waals surface area (Å²) >= 11 is 18.6. The molecule has 8 heteroatoms. The van der Waals surface area contributed by atoms with Crippen LogP contribution in [-0.4, -0.2) is 35.4 Å². The standard InChI is InChI=1S/C25H31Cl3N2O3/c1-4-17(3)29-25(32)23(5-2)30(16-20-21(27)8-6-9-22(20)28)24(31)10-7-15-33-19-13-11-18(26)12-14-19/h6,8-9,11-14,17,23H,4-5,7,10,15-16H2,1-3H3,(H,29,32)/t17-,23+/m0/s1. The van der Waals surface area contributed by atoms with Crippen molar-refractivity contribution in [3.8, 4) is 5.75 Å². The summed E-state index contributed by atoms with van der Waals surface area (Å²) in [5.74, 6) is 0.351. The third kappa shape index (κ3) is 8.40. The first-order chi connectivity index (χ1) is 15.8. The number of nitrogens with one attached hydrogen (secondary N) is 1. The number of nitrogens with zero attached hydrogens (tertiary/aromatic N) is 1. The number of hydrogen-bond donors (Lipinski definition) is 1. The molecule has 0 heterocycles. The van der Waals surface area contributed by atoms with Gasteiger partial charge in [0.15, 0.2) is 0 Å². The summed E-state index contributed by atoms with van der Waals surface area (Å²) in [5.41, 5.74) is 0.626. The number of benzene rings is 2. The predicted octanol–water partition coefficient (Wildman–Crippen LogP) is 6.53. The molecule has 0 aliphatic heterocycles. The van der Waals surface area contributed by atoms with E-state index < -0.39 is 6.04 Å². The van der Waals surface area contributed by atoms with Gasteiger partial charge in [0, 0.05) is 39.6 Å². The molecule has 0 bridgehead atoms. The Balaban J connectivity index is 2.13. The molecule has 33 heavy (non-hydrogen) atoms. The molecule has 0 aliphatic rings. The van der Waals surface area contributed by atoms with E-state index in [0.29, 0.717) is 45.8 Å². The first kappa shape index (κ1) is 27.3. The lowest BCUT2D eigenvalue weighted by molar-refractivity contribution is -0.141. The van der Waals surface area contributed by atoms with Crippen molar-refractivity contribution in [2.75, 3.05) is 6.61 Å². The Bertz CT molecular complexity index is 901. The second kappa shape index (κ2) is 13.7. The number of rotatable bonds is 12. The molecule has 2 aromatic rings. The molecule has 0 saturated carbocycles. The Morgan fingerprint density at radius 1 is 1.00 bits per heavy atom. The molecule has 2 rings (SSSR count). The lowest BCUT2D eigenvalue weighted by Gasteiger charge is -2.32. The Hall–Kier alpha value is -1.95. The van der Waals surface area contributed by atoms with Gasteiger partial charge in [-0.15, -0.1) is 0 Å². The fourth-order valence-electron chi connectivity index (χ4n) is 3.30. The molecule has 0 unspecified atom stereocenters. The molecular formula is C25H31Cl3N2O3. The average Bonchev–Trinajstić information content (AvgIpc) is 2.79. The van der Waals surface area contributed by atoms with Gasteiger partial charge in [0.05, 0.1) is 6.61 Å². The van der Waals surface area contributed by atoms with E-state index in [1.54, 1.807) is 47.4 Å². The second-order valence-corrected chi connectivity index (χ2v) is 9.12. The van der Waals surface area contributed by atoms with Crippen LogP contribution in [-0.2, 0) is 16.1 Å². The minimum atomic E-state index is -0.629. The van der Waals surface area contributed by atoms with Crippen molar-refractivity contribution in [3.63, 3.8) is 0 Å². The minimum absolute atomic E-state index is 0.0141. The molecule has 2 atom stereocenters. The minimum Gasteiger partial charge on any atom is -0.494 e. The van der Waals surface area contributed by atoms with Gasteiger partial charge < -0.3 is 15.0 Å². The fourth-order valence-corrected chi connectivity index (χ4v) is 3.95. The number of ether oxygens (including phenoxy) is 1. The molecule has 2 aromatic carbocycles. The second-order valence-electron chi connectivity index (χ2n) is 7.87. The van der Waals surface area contributed by atoms with Crippen LogP contribution in [0.1, 0.15) is 52.0 Å². The Morgan fingerprint density at radius 2 is 1.64 bits per heavy atom. The van der Waals surface area contributed by atoms with Crippen LogP contribution in [0.3, 0.4) is 0 Å². The van der Waals surface area contributed by atoms with E-state index in [0.717, 1.165) is 6.42 Å². The van der Waals surface area contributed by atoms with Gasteiger partial charge in [0.1, 0.15) is 11.8 Å². The summed E-state index contributed by atoms with van der Waals surface area (Å²) < 4.78 is 5.70.